The quantitative estimate of drug-likeness (QED) is 0.632. The first-order valence-electron chi connectivity index (χ1n) is 9.05. The number of nitrogens with zero attached hydrogens (tertiary/aromatic N) is 1. The van der Waals surface area contributed by atoms with Crippen molar-refractivity contribution in [2.75, 3.05) is 0 Å². The number of thiophene rings is 1. The van der Waals surface area contributed by atoms with Crippen LogP contribution in [0, 0.1) is 23.2 Å². The molecule has 0 radical (unpaired) electrons. The topological polar surface area (TPSA) is 41.5 Å². The zero-order chi connectivity index (χ0) is 15.9. The molecule has 1 N–H and O–H groups in total. The summed E-state index contributed by atoms with van der Waals surface area (Å²) in [5.74, 6) is 2.80. The Labute approximate surface area is 142 Å². The summed E-state index contributed by atoms with van der Waals surface area (Å²) in [4.78, 5) is 14.8. The zero-order valence-corrected chi connectivity index (χ0v) is 14.7. The smallest absolute Gasteiger partial charge is 0.240 e. The Kier molecular flexibility index (Phi) is 4.04. The van der Waals surface area contributed by atoms with E-state index in [4.69, 9.17) is 0 Å². The lowest BCUT2D eigenvalue weighted by Crippen LogP contribution is -2.47. The molecular weight excluding hydrogens is 304 g/mol. The standard InChI is InChI=1S/C19H26N2OS/c1-2-16-3-4-17(23-16)12-20-21-18(22)11-19-8-13-5-14(9-19)7-15(6-13)10-19/h3-4,12-15H,2,5-11H2,1H3,(H,21,22)/b20-12-. The Morgan fingerprint density at radius 2 is 1.91 bits per heavy atom. The number of hydrogen-bond acceptors (Lipinski definition) is 3. The van der Waals surface area contributed by atoms with Crippen molar-refractivity contribution in [3.63, 3.8) is 0 Å². The summed E-state index contributed by atoms with van der Waals surface area (Å²) in [6.45, 7) is 2.15. The van der Waals surface area contributed by atoms with E-state index in [2.05, 4.69) is 29.6 Å². The van der Waals surface area contributed by atoms with E-state index in [0.717, 1.165) is 29.1 Å². The van der Waals surface area contributed by atoms with Gasteiger partial charge in [-0.1, -0.05) is 6.92 Å². The first-order chi connectivity index (χ1) is 11.1. The van der Waals surface area contributed by atoms with Gasteiger partial charge in [-0.15, -0.1) is 11.3 Å². The third-order valence-corrected chi connectivity index (χ3v) is 7.28. The van der Waals surface area contributed by atoms with Crippen LogP contribution >= 0.6 is 11.3 Å². The van der Waals surface area contributed by atoms with Gasteiger partial charge >= 0.3 is 0 Å². The third-order valence-electron chi connectivity index (χ3n) is 6.11. The first kappa shape index (κ1) is 15.4. The van der Waals surface area contributed by atoms with Crippen LogP contribution in [0.5, 0.6) is 0 Å². The fourth-order valence-electron chi connectivity index (χ4n) is 5.71. The summed E-state index contributed by atoms with van der Waals surface area (Å²) >= 11 is 1.74. The predicted molar refractivity (Wildman–Crippen MR) is 94.7 cm³/mol. The van der Waals surface area contributed by atoms with E-state index in [1.54, 1.807) is 17.6 Å². The SMILES string of the molecule is CCc1ccc(/C=N\NC(=O)CC23CC4CC(CC(C4)C2)C3)s1. The van der Waals surface area contributed by atoms with Gasteiger partial charge in [0.1, 0.15) is 0 Å². The molecular formula is C19H26N2OS. The van der Waals surface area contributed by atoms with Crippen molar-refractivity contribution in [2.45, 2.75) is 58.3 Å². The highest BCUT2D eigenvalue weighted by Crippen LogP contribution is 2.61. The second-order valence-corrected chi connectivity index (χ2v) is 9.25. The molecule has 0 atom stereocenters. The minimum Gasteiger partial charge on any atom is -0.273 e. The van der Waals surface area contributed by atoms with Crippen LogP contribution in [-0.2, 0) is 11.2 Å². The molecule has 0 spiro atoms. The summed E-state index contributed by atoms with van der Waals surface area (Å²) in [5.41, 5.74) is 3.07. The minimum atomic E-state index is 0.107. The van der Waals surface area contributed by atoms with Gasteiger partial charge in [0.25, 0.3) is 0 Å². The summed E-state index contributed by atoms with van der Waals surface area (Å²) < 4.78 is 0. The number of nitrogens with one attached hydrogen (secondary N) is 1. The third kappa shape index (κ3) is 3.23. The molecule has 0 aliphatic heterocycles. The highest BCUT2D eigenvalue weighted by Gasteiger charge is 2.51. The van der Waals surface area contributed by atoms with Crippen molar-refractivity contribution in [2.24, 2.45) is 28.3 Å². The van der Waals surface area contributed by atoms with E-state index in [-0.39, 0.29) is 5.91 Å². The van der Waals surface area contributed by atoms with E-state index in [0.29, 0.717) is 11.8 Å². The van der Waals surface area contributed by atoms with Crippen molar-refractivity contribution < 1.29 is 4.79 Å². The average molecular weight is 330 g/mol. The second-order valence-electron chi connectivity index (χ2n) is 8.05. The van der Waals surface area contributed by atoms with Gasteiger partial charge in [-0.2, -0.15) is 5.10 Å². The normalized spacial score (nSPS) is 35.1. The van der Waals surface area contributed by atoms with Crippen LogP contribution in [0.15, 0.2) is 17.2 Å². The number of carbonyl (C=O) groups is 1. The van der Waals surface area contributed by atoms with E-state index < -0.39 is 0 Å². The van der Waals surface area contributed by atoms with Gasteiger partial charge in [0.2, 0.25) is 5.91 Å². The van der Waals surface area contributed by atoms with Crippen LogP contribution in [0.2, 0.25) is 0 Å². The van der Waals surface area contributed by atoms with Crippen LogP contribution in [0.3, 0.4) is 0 Å². The van der Waals surface area contributed by atoms with Crippen LogP contribution < -0.4 is 5.43 Å². The predicted octanol–water partition coefficient (Wildman–Crippen LogP) is 4.37. The Morgan fingerprint density at radius 3 is 2.48 bits per heavy atom. The number of aryl methyl sites for hydroxylation is 1. The summed E-state index contributed by atoms with van der Waals surface area (Å²) in [6.07, 6.45) is 11.6. The molecule has 4 aliphatic rings. The maximum absolute atomic E-state index is 12.4. The van der Waals surface area contributed by atoms with Crippen LogP contribution in [0.25, 0.3) is 0 Å². The van der Waals surface area contributed by atoms with Gasteiger partial charge in [-0.3, -0.25) is 4.79 Å². The highest BCUT2D eigenvalue weighted by atomic mass is 32.1. The number of carbonyl (C=O) groups excluding carboxylic acids is 1. The maximum atomic E-state index is 12.4. The molecule has 1 amide bonds. The van der Waals surface area contributed by atoms with Crippen molar-refractivity contribution in [1.82, 2.24) is 5.43 Å². The van der Waals surface area contributed by atoms with E-state index in [1.165, 1.54) is 43.4 Å². The fraction of sp³-hybridized carbons (Fsp3) is 0.684. The van der Waals surface area contributed by atoms with Crippen molar-refractivity contribution in [1.29, 1.82) is 0 Å². The Hall–Kier alpha value is -1.16. The molecule has 1 aromatic heterocycles. The number of hydrazone groups is 1. The van der Waals surface area contributed by atoms with E-state index >= 15 is 0 Å². The molecule has 1 heterocycles. The monoisotopic (exact) mass is 330 g/mol. The summed E-state index contributed by atoms with van der Waals surface area (Å²) in [5, 5.41) is 4.17. The van der Waals surface area contributed by atoms with Crippen molar-refractivity contribution in [3.05, 3.63) is 21.9 Å². The Bertz CT molecular complexity index is 583. The minimum absolute atomic E-state index is 0.107. The van der Waals surface area contributed by atoms with E-state index in [1.807, 2.05) is 0 Å². The van der Waals surface area contributed by atoms with Gasteiger partial charge in [0, 0.05) is 16.2 Å². The van der Waals surface area contributed by atoms with Crippen molar-refractivity contribution in [3.8, 4) is 0 Å². The van der Waals surface area contributed by atoms with Gasteiger partial charge < -0.3 is 0 Å². The molecule has 0 unspecified atom stereocenters. The second kappa shape index (κ2) is 6.04. The molecule has 3 nitrogen and oxygen atoms in total. The molecule has 5 rings (SSSR count). The zero-order valence-electron chi connectivity index (χ0n) is 13.9. The summed E-state index contributed by atoms with van der Waals surface area (Å²) in [7, 11) is 0. The molecule has 0 aromatic carbocycles. The summed E-state index contributed by atoms with van der Waals surface area (Å²) in [6, 6.07) is 4.20. The lowest BCUT2D eigenvalue weighted by atomic mass is 9.49. The lowest BCUT2D eigenvalue weighted by molar-refractivity contribution is -0.129. The van der Waals surface area contributed by atoms with Crippen LogP contribution in [0.4, 0.5) is 0 Å². The van der Waals surface area contributed by atoms with Crippen molar-refractivity contribution >= 4 is 23.5 Å². The number of rotatable bonds is 5. The van der Waals surface area contributed by atoms with Crippen LogP contribution in [0.1, 0.15) is 61.6 Å². The molecule has 4 aliphatic carbocycles. The lowest BCUT2D eigenvalue weighted by Gasteiger charge is -2.56. The number of hydrogen-bond donors (Lipinski definition) is 1. The molecule has 124 valence electrons. The van der Waals surface area contributed by atoms with Gasteiger partial charge in [0.15, 0.2) is 0 Å². The molecule has 4 bridgehead atoms. The first-order valence-corrected chi connectivity index (χ1v) is 9.86. The molecule has 23 heavy (non-hydrogen) atoms. The molecule has 4 heteroatoms. The molecule has 4 fully saturated rings. The maximum Gasteiger partial charge on any atom is 0.240 e. The Balaban J connectivity index is 1.33. The van der Waals surface area contributed by atoms with Gasteiger partial charge in [0.05, 0.1) is 6.21 Å². The molecule has 0 saturated heterocycles. The van der Waals surface area contributed by atoms with E-state index in [9.17, 15) is 4.79 Å². The fourth-order valence-corrected chi connectivity index (χ4v) is 6.53. The highest BCUT2D eigenvalue weighted by molar-refractivity contribution is 7.13. The van der Waals surface area contributed by atoms with Gasteiger partial charge in [-0.05, 0) is 80.2 Å². The Morgan fingerprint density at radius 1 is 1.26 bits per heavy atom. The van der Waals surface area contributed by atoms with Crippen LogP contribution in [-0.4, -0.2) is 12.1 Å². The largest absolute Gasteiger partial charge is 0.273 e. The average Bonchev–Trinajstić information content (AvgIpc) is 2.93. The number of amides is 1. The van der Waals surface area contributed by atoms with Gasteiger partial charge in [-0.25, -0.2) is 5.43 Å². The molecule has 1 aromatic rings. The molecule has 4 saturated carbocycles.